The van der Waals surface area contributed by atoms with E-state index in [1.807, 2.05) is 30.6 Å². The van der Waals surface area contributed by atoms with E-state index in [-0.39, 0.29) is 5.13 Å². The summed E-state index contributed by atoms with van der Waals surface area (Å²) in [6, 6.07) is 11.5. The van der Waals surface area contributed by atoms with Gasteiger partial charge in [0.15, 0.2) is 5.13 Å². The van der Waals surface area contributed by atoms with Crippen LogP contribution in [0.2, 0.25) is 0 Å². The Hall–Kier alpha value is -3.95. The third kappa shape index (κ3) is 3.77. The molecule has 0 aromatic carbocycles. The molecule has 0 spiro atoms. The Morgan fingerprint density at radius 3 is 2.69 bits per heavy atom. The van der Waals surface area contributed by atoms with Gasteiger partial charge in [-0.3, -0.25) is 20.0 Å². The first kappa shape index (κ1) is 21.3. The molecule has 9 heteroatoms. The Bertz CT molecular complexity index is 1710. The highest BCUT2D eigenvalue weighted by molar-refractivity contribution is 7.14. The van der Waals surface area contributed by atoms with E-state index in [4.69, 9.17) is 4.98 Å². The number of nitrogens with zero attached hydrogens (tertiary/aromatic N) is 5. The van der Waals surface area contributed by atoms with Crippen molar-refractivity contribution in [3.05, 3.63) is 71.9 Å². The highest BCUT2D eigenvalue weighted by atomic mass is 32.1. The molecule has 0 atom stereocenters. The number of pyridine rings is 3. The quantitative estimate of drug-likeness (QED) is 0.305. The lowest BCUT2D eigenvalue weighted by atomic mass is 10.1. The highest BCUT2D eigenvalue weighted by Gasteiger charge is 2.17. The van der Waals surface area contributed by atoms with Gasteiger partial charge in [-0.2, -0.15) is 9.49 Å². The average Bonchev–Trinajstić information content (AvgIpc) is 3.70. The number of H-pyrrole nitrogens is 2. The molecule has 0 bridgehead atoms. The molecule has 0 unspecified atom stereocenters. The number of rotatable bonds is 5. The van der Waals surface area contributed by atoms with Crippen LogP contribution in [-0.2, 0) is 6.54 Å². The van der Waals surface area contributed by atoms with Crippen LogP contribution in [0.25, 0.3) is 55.0 Å². The zero-order chi connectivity index (χ0) is 24.1. The van der Waals surface area contributed by atoms with E-state index in [0.29, 0.717) is 0 Å². The Labute approximate surface area is 210 Å². The molecule has 7 nitrogen and oxygen atoms in total. The molecule has 6 aromatic heterocycles. The number of nitrogens with one attached hydrogen (secondary N) is 2. The molecule has 6 aromatic rings. The largest absolute Gasteiger partial charge is 0.352 e. The number of aromatic amines is 2. The monoisotopic (exact) mass is 495 g/mol. The normalized spacial score (nSPS) is 14.4. The number of aromatic nitrogens is 6. The lowest BCUT2D eigenvalue weighted by molar-refractivity contribution is 0.331. The summed E-state index contributed by atoms with van der Waals surface area (Å²) in [5, 5.41) is 8.42. The van der Waals surface area contributed by atoms with Crippen LogP contribution in [-0.4, -0.2) is 48.1 Å². The first-order valence-corrected chi connectivity index (χ1v) is 12.8. The van der Waals surface area contributed by atoms with E-state index in [0.717, 1.165) is 86.0 Å². The summed E-state index contributed by atoms with van der Waals surface area (Å²) in [7, 11) is 0. The van der Waals surface area contributed by atoms with Gasteiger partial charge in [0.25, 0.3) is 0 Å². The van der Waals surface area contributed by atoms with Crippen molar-refractivity contribution in [1.82, 2.24) is 35.0 Å². The first-order valence-electron chi connectivity index (χ1n) is 12.0. The van der Waals surface area contributed by atoms with Gasteiger partial charge in [0.05, 0.1) is 28.6 Å². The molecular formula is C27H22FN7S. The first-order chi connectivity index (χ1) is 17.7. The zero-order valence-corrected chi connectivity index (χ0v) is 20.1. The molecule has 7 heterocycles. The molecule has 1 aliphatic rings. The van der Waals surface area contributed by atoms with Gasteiger partial charge >= 0.3 is 0 Å². The van der Waals surface area contributed by atoms with E-state index in [2.05, 4.69) is 36.1 Å². The van der Waals surface area contributed by atoms with Gasteiger partial charge in [0.1, 0.15) is 11.2 Å². The van der Waals surface area contributed by atoms with Gasteiger partial charge in [0.2, 0.25) is 0 Å². The predicted molar refractivity (Wildman–Crippen MR) is 140 cm³/mol. The molecule has 0 radical (unpaired) electrons. The molecule has 1 fully saturated rings. The minimum Gasteiger partial charge on any atom is -0.352 e. The van der Waals surface area contributed by atoms with E-state index >= 15 is 0 Å². The fourth-order valence-electron chi connectivity index (χ4n) is 4.99. The molecule has 36 heavy (non-hydrogen) atoms. The van der Waals surface area contributed by atoms with E-state index < -0.39 is 0 Å². The van der Waals surface area contributed by atoms with E-state index in [9.17, 15) is 4.39 Å². The van der Waals surface area contributed by atoms with Crippen LogP contribution in [0.15, 0.2) is 61.2 Å². The van der Waals surface area contributed by atoms with Gasteiger partial charge in [0, 0.05) is 46.5 Å². The smallest absolute Gasteiger partial charge is 0.176 e. The number of hydrogen-bond acceptors (Lipinski definition) is 6. The minimum atomic E-state index is -0.216. The highest BCUT2D eigenvalue weighted by Crippen LogP contribution is 2.36. The van der Waals surface area contributed by atoms with Gasteiger partial charge in [-0.25, -0.2) is 4.98 Å². The molecule has 7 rings (SSSR count). The van der Waals surface area contributed by atoms with Crippen LogP contribution in [0, 0.1) is 5.13 Å². The number of likely N-dealkylation sites (tertiary alicyclic amines) is 1. The second-order valence-electron chi connectivity index (χ2n) is 9.17. The summed E-state index contributed by atoms with van der Waals surface area (Å²) in [6.07, 6.45) is 9.89. The number of fused-ring (bicyclic) bond motifs is 2. The maximum absolute atomic E-state index is 13.7. The lowest BCUT2D eigenvalue weighted by Crippen LogP contribution is -2.18. The Morgan fingerprint density at radius 2 is 1.83 bits per heavy atom. The summed E-state index contributed by atoms with van der Waals surface area (Å²) in [5.41, 5.74) is 7.98. The molecular weight excluding hydrogens is 473 g/mol. The molecule has 178 valence electrons. The van der Waals surface area contributed by atoms with Crippen molar-refractivity contribution >= 4 is 33.3 Å². The van der Waals surface area contributed by atoms with Crippen LogP contribution in [0.3, 0.4) is 0 Å². The van der Waals surface area contributed by atoms with Crippen molar-refractivity contribution in [3.63, 3.8) is 0 Å². The van der Waals surface area contributed by atoms with Crippen molar-refractivity contribution in [3.8, 4) is 33.1 Å². The average molecular weight is 496 g/mol. The summed E-state index contributed by atoms with van der Waals surface area (Å²) in [6.45, 7) is 3.21. The number of hydrogen-bond donors (Lipinski definition) is 2. The molecule has 1 aliphatic heterocycles. The van der Waals surface area contributed by atoms with Crippen LogP contribution in [0.4, 0.5) is 4.39 Å². The van der Waals surface area contributed by atoms with Crippen molar-refractivity contribution < 1.29 is 4.39 Å². The fraction of sp³-hybridized carbons (Fsp3) is 0.185. The van der Waals surface area contributed by atoms with Crippen LogP contribution in [0.5, 0.6) is 0 Å². The zero-order valence-electron chi connectivity index (χ0n) is 19.3. The molecule has 0 aliphatic carbocycles. The standard InChI is InChI=1S/C27H22FN7S/c28-25-6-5-24(36-25)19-13-30-14-23-18(19)10-22(31-23)27-26-21(33-34-27)4-3-20(32-26)17-9-16(11-29-12-17)15-35-7-1-2-8-35/h3-6,9-14,31H,1-2,7-8,15H2,(H,33,34). The summed E-state index contributed by atoms with van der Waals surface area (Å²) in [4.78, 5) is 20.6. The van der Waals surface area contributed by atoms with E-state index in [1.165, 1.54) is 24.5 Å². The van der Waals surface area contributed by atoms with Crippen LogP contribution < -0.4 is 0 Å². The predicted octanol–water partition coefficient (Wildman–Crippen LogP) is 6.03. The third-order valence-electron chi connectivity index (χ3n) is 6.74. The maximum Gasteiger partial charge on any atom is 0.176 e. The lowest BCUT2D eigenvalue weighted by Gasteiger charge is -2.14. The molecule has 1 saturated heterocycles. The Kier molecular flexibility index (Phi) is 5.11. The van der Waals surface area contributed by atoms with Crippen molar-refractivity contribution in [2.24, 2.45) is 0 Å². The fourth-order valence-corrected chi connectivity index (χ4v) is 5.75. The topological polar surface area (TPSA) is 86.4 Å². The van der Waals surface area contributed by atoms with E-state index in [1.54, 1.807) is 18.5 Å². The SMILES string of the molecule is Fc1ccc(-c2cncc3[nH]c(-c4n[nH]c5ccc(-c6cncc(CN7CCCC7)c6)nc45)cc23)s1. The van der Waals surface area contributed by atoms with Gasteiger partial charge in [-0.15, -0.1) is 11.3 Å². The molecule has 0 amide bonds. The van der Waals surface area contributed by atoms with Crippen LogP contribution >= 0.6 is 11.3 Å². The molecule has 2 N–H and O–H groups in total. The summed E-state index contributed by atoms with van der Waals surface area (Å²) >= 11 is 1.11. The van der Waals surface area contributed by atoms with Crippen molar-refractivity contribution in [2.75, 3.05) is 13.1 Å². The number of halogens is 1. The summed E-state index contributed by atoms with van der Waals surface area (Å²) in [5.74, 6) is 0. The Morgan fingerprint density at radius 1 is 0.944 bits per heavy atom. The number of thiophene rings is 1. The van der Waals surface area contributed by atoms with Gasteiger partial charge in [-0.1, -0.05) is 0 Å². The third-order valence-corrected chi connectivity index (χ3v) is 7.65. The minimum absolute atomic E-state index is 0.216. The van der Waals surface area contributed by atoms with Crippen molar-refractivity contribution in [1.29, 1.82) is 0 Å². The Balaban J connectivity index is 1.28. The van der Waals surface area contributed by atoms with Crippen molar-refractivity contribution in [2.45, 2.75) is 19.4 Å². The van der Waals surface area contributed by atoms with Crippen LogP contribution in [0.1, 0.15) is 18.4 Å². The van der Waals surface area contributed by atoms with Gasteiger partial charge < -0.3 is 4.98 Å². The maximum atomic E-state index is 13.7. The van der Waals surface area contributed by atoms with Gasteiger partial charge in [-0.05, 0) is 67.9 Å². The second kappa shape index (κ2) is 8.61. The summed E-state index contributed by atoms with van der Waals surface area (Å²) < 4.78 is 13.7. The second-order valence-corrected chi connectivity index (χ2v) is 10.2. The molecule has 0 saturated carbocycles.